The van der Waals surface area contributed by atoms with Crippen molar-refractivity contribution in [2.24, 2.45) is 0 Å². The van der Waals surface area contributed by atoms with Gasteiger partial charge in [0.1, 0.15) is 25.3 Å². The Balaban J connectivity index is 1.63. The fourth-order valence-electron chi connectivity index (χ4n) is 3.87. The number of hydrogen-bond donors (Lipinski definition) is 0. The second-order valence-corrected chi connectivity index (χ2v) is 6.60. The van der Waals surface area contributed by atoms with E-state index in [9.17, 15) is 19.2 Å². The quantitative estimate of drug-likeness (QED) is 0.425. The van der Waals surface area contributed by atoms with Crippen LogP contribution in [0.1, 0.15) is 41.4 Å². The monoisotopic (exact) mass is 400 g/mol. The molecule has 12 nitrogen and oxygen atoms in total. The first kappa shape index (κ1) is 16.2. The van der Waals surface area contributed by atoms with Crippen molar-refractivity contribution < 1.29 is 19.2 Å². The Morgan fingerprint density at radius 2 is 0.733 bits per heavy atom. The zero-order valence-corrected chi connectivity index (χ0v) is 14.8. The predicted octanol–water partition coefficient (Wildman–Crippen LogP) is -0.113. The van der Waals surface area contributed by atoms with E-state index in [1.807, 2.05) is 0 Å². The topological polar surface area (TPSA) is 136 Å². The molecule has 4 heterocycles. The van der Waals surface area contributed by atoms with E-state index >= 15 is 0 Å². The summed E-state index contributed by atoms with van der Waals surface area (Å²) < 4.78 is 2.36. The molecule has 0 unspecified atom stereocenters. The number of nitrogens with zero attached hydrogens (tertiary/aromatic N) is 8. The molecule has 0 fully saturated rings. The molecule has 2 aliphatic rings. The van der Waals surface area contributed by atoms with E-state index in [2.05, 4.69) is 20.4 Å². The highest BCUT2D eigenvalue weighted by molar-refractivity contribution is 6.39. The van der Waals surface area contributed by atoms with E-state index in [1.54, 1.807) is 0 Å². The molecule has 0 atom stereocenters. The van der Waals surface area contributed by atoms with E-state index in [0.717, 1.165) is 10.0 Å². The maximum atomic E-state index is 13.1. The van der Waals surface area contributed by atoms with Gasteiger partial charge < -0.3 is 0 Å². The Kier molecular flexibility index (Phi) is 2.93. The van der Waals surface area contributed by atoms with Crippen molar-refractivity contribution in [2.75, 3.05) is 10.0 Å². The summed E-state index contributed by atoms with van der Waals surface area (Å²) in [6.45, 7) is 0. The zero-order chi connectivity index (χ0) is 20.6. The molecule has 0 saturated carbocycles. The van der Waals surface area contributed by atoms with Crippen molar-refractivity contribution in [3.8, 4) is 0 Å². The Labute approximate surface area is 165 Å². The van der Waals surface area contributed by atoms with Gasteiger partial charge in [0.25, 0.3) is 23.6 Å². The Morgan fingerprint density at radius 1 is 0.467 bits per heavy atom. The summed E-state index contributed by atoms with van der Waals surface area (Å²) in [4.78, 5) is 52.3. The third kappa shape index (κ3) is 1.83. The summed E-state index contributed by atoms with van der Waals surface area (Å²) in [7, 11) is 0. The van der Waals surface area contributed by atoms with Crippen LogP contribution in [0.5, 0.6) is 0 Å². The molecule has 2 aromatic carbocycles. The van der Waals surface area contributed by atoms with Crippen LogP contribution in [0.2, 0.25) is 0 Å². The minimum Gasteiger partial charge on any atom is -0.267 e. The van der Waals surface area contributed by atoms with Crippen LogP contribution in [0.3, 0.4) is 0 Å². The number of benzene rings is 2. The number of aromatic nitrogens is 6. The Morgan fingerprint density at radius 3 is 1.00 bits per heavy atom. The fourth-order valence-corrected chi connectivity index (χ4v) is 3.87. The molecule has 0 spiro atoms. The van der Waals surface area contributed by atoms with Gasteiger partial charge in [0, 0.05) is 10.8 Å². The number of hydrogen-bond acceptors (Lipinski definition) is 8. The molecule has 6 rings (SSSR count). The zero-order valence-electron chi connectivity index (χ0n) is 14.8. The Bertz CT molecular complexity index is 1240. The second kappa shape index (κ2) is 5.41. The molecule has 0 radical (unpaired) electrons. The van der Waals surface area contributed by atoms with Gasteiger partial charge in [-0.05, 0) is 24.3 Å². The van der Waals surface area contributed by atoms with Gasteiger partial charge in [0.15, 0.2) is 0 Å². The van der Waals surface area contributed by atoms with Gasteiger partial charge in [0.05, 0.1) is 22.3 Å². The van der Waals surface area contributed by atoms with Gasteiger partial charge in [-0.15, -0.1) is 20.4 Å². The van der Waals surface area contributed by atoms with Gasteiger partial charge in [-0.3, -0.25) is 19.2 Å². The van der Waals surface area contributed by atoms with Crippen LogP contribution in [0, 0.1) is 0 Å². The van der Waals surface area contributed by atoms with Crippen LogP contribution >= 0.6 is 0 Å². The predicted molar refractivity (Wildman–Crippen MR) is 97.7 cm³/mol. The Hall–Kier alpha value is -4.74. The summed E-state index contributed by atoms with van der Waals surface area (Å²) >= 11 is 0. The normalized spacial score (nSPS) is 15.5. The van der Waals surface area contributed by atoms with Crippen molar-refractivity contribution in [3.05, 3.63) is 71.8 Å². The van der Waals surface area contributed by atoms with E-state index < -0.39 is 23.6 Å². The largest absolute Gasteiger partial charge is 0.280 e. The van der Waals surface area contributed by atoms with Gasteiger partial charge >= 0.3 is 0 Å². The fraction of sp³-hybridized carbons (Fsp3) is 0. The first-order valence-corrected chi connectivity index (χ1v) is 8.65. The van der Waals surface area contributed by atoms with Gasteiger partial charge in [0.2, 0.25) is 0 Å². The maximum Gasteiger partial charge on any atom is 0.280 e. The molecule has 2 aliphatic heterocycles. The molecule has 4 amide bonds. The van der Waals surface area contributed by atoms with E-state index in [0.29, 0.717) is 0 Å². The highest BCUT2D eigenvalue weighted by Crippen LogP contribution is 2.37. The van der Waals surface area contributed by atoms with Crippen molar-refractivity contribution >= 4 is 34.4 Å². The maximum absolute atomic E-state index is 13.1. The molecule has 144 valence electrons. The van der Waals surface area contributed by atoms with Crippen molar-refractivity contribution in [1.29, 1.82) is 0 Å². The minimum atomic E-state index is -0.614. The van der Waals surface area contributed by atoms with Crippen LogP contribution in [0.15, 0.2) is 49.6 Å². The average molecular weight is 400 g/mol. The number of amides is 4. The third-order valence-electron chi connectivity index (χ3n) is 5.13. The summed E-state index contributed by atoms with van der Waals surface area (Å²) in [5.41, 5.74) is 0.768. The summed E-state index contributed by atoms with van der Waals surface area (Å²) in [5, 5.41) is 16.9. The highest BCUT2D eigenvalue weighted by atomic mass is 16.2. The lowest BCUT2D eigenvalue weighted by Gasteiger charge is -2.31. The molecule has 2 aromatic heterocycles. The lowest BCUT2D eigenvalue weighted by atomic mass is 9.86. The van der Waals surface area contributed by atoms with E-state index in [-0.39, 0.29) is 33.0 Å². The first-order valence-electron chi connectivity index (χ1n) is 8.65. The summed E-state index contributed by atoms with van der Waals surface area (Å²) in [5.74, 6) is -2.46. The number of carbonyl (C=O) groups excluding carboxylic acids is 4. The van der Waals surface area contributed by atoms with E-state index in [4.69, 9.17) is 0 Å². The van der Waals surface area contributed by atoms with Gasteiger partial charge in [-0.25, -0.2) is 9.35 Å². The van der Waals surface area contributed by atoms with Crippen LogP contribution in [0.4, 0.5) is 0 Å². The molecule has 0 aliphatic carbocycles. The number of rotatable bonds is 2. The molecular formula is C18H8N8O4. The number of carbonyl (C=O) groups is 4. The number of imide groups is 2. The van der Waals surface area contributed by atoms with Gasteiger partial charge in [-0.2, -0.15) is 10.0 Å². The molecule has 4 aromatic rings. The SMILES string of the molecule is O=C1c2ccc3c4c(ccc(c24)C(=O)N1n1cnnc1)C(=O)N(n1cnnc1)C3=O. The third-order valence-corrected chi connectivity index (χ3v) is 5.13. The van der Waals surface area contributed by atoms with Crippen LogP contribution in [0.25, 0.3) is 10.8 Å². The lowest BCUT2D eigenvalue weighted by Crippen LogP contribution is -2.49. The second-order valence-electron chi connectivity index (χ2n) is 6.60. The smallest absolute Gasteiger partial charge is 0.267 e. The molecule has 30 heavy (non-hydrogen) atoms. The minimum absolute atomic E-state index is 0.192. The molecule has 12 heteroatoms. The molecular weight excluding hydrogens is 392 g/mol. The lowest BCUT2D eigenvalue weighted by molar-refractivity contribution is 0.0831. The van der Waals surface area contributed by atoms with Crippen LogP contribution < -0.4 is 10.0 Å². The summed E-state index contributed by atoms with van der Waals surface area (Å²) in [6, 6.07) is 5.87. The first-order chi connectivity index (χ1) is 14.6. The van der Waals surface area contributed by atoms with E-state index in [1.165, 1.54) is 58.9 Å². The molecule has 0 N–H and O–H groups in total. The van der Waals surface area contributed by atoms with Gasteiger partial charge in [-0.1, -0.05) is 0 Å². The standard InChI is InChI=1S/C18H8N8O4/c27-15-9-1-2-10-14-12(18(30)26(16(10)28)24-7-21-22-8-24)4-3-11(13(9)14)17(29)25(15)23-5-19-20-6-23/h1-8H. The summed E-state index contributed by atoms with van der Waals surface area (Å²) in [6.07, 6.45) is 4.92. The van der Waals surface area contributed by atoms with Crippen molar-refractivity contribution in [2.45, 2.75) is 0 Å². The molecule has 0 saturated heterocycles. The highest BCUT2D eigenvalue weighted by Gasteiger charge is 2.41. The average Bonchev–Trinajstić information content (AvgIpc) is 3.45. The van der Waals surface area contributed by atoms with Crippen molar-refractivity contribution in [1.82, 2.24) is 29.7 Å². The van der Waals surface area contributed by atoms with Crippen molar-refractivity contribution in [3.63, 3.8) is 0 Å². The van der Waals surface area contributed by atoms with Crippen LogP contribution in [-0.4, -0.2) is 53.4 Å². The van der Waals surface area contributed by atoms with Crippen LogP contribution in [-0.2, 0) is 0 Å². The molecule has 0 bridgehead atoms.